The third-order valence-corrected chi connectivity index (χ3v) is 3.70. The van der Waals surface area contributed by atoms with Crippen molar-refractivity contribution in [3.05, 3.63) is 58.1 Å². The molecule has 0 N–H and O–H groups in total. The molecule has 0 aliphatic heterocycles. The third-order valence-electron chi connectivity index (χ3n) is 3.70. The monoisotopic (exact) mass is 270 g/mol. The van der Waals surface area contributed by atoms with Crippen molar-refractivity contribution in [1.29, 1.82) is 0 Å². The van der Waals surface area contributed by atoms with Gasteiger partial charge in [-0.2, -0.15) is 0 Å². The Hall–Kier alpha value is -1.96. The average Bonchev–Trinajstić information content (AvgIpc) is 2.42. The van der Waals surface area contributed by atoms with Gasteiger partial charge in [-0.25, -0.2) is 0 Å². The molecule has 2 nitrogen and oxygen atoms in total. The molecule has 0 aliphatic rings. The summed E-state index contributed by atoms with van der Waals surface area (Å²) in [5.74, 6) is 1.77. The zero-order chi connectivity index (χ0) is 14.7. The van der Waals surface area contributed by atoms with Crippen molar-refractivity contribution in [2.45, 2.75) is 27.2 Å². The molecule has 2 rings (SSSR count). The van der Waals surface area contributed by atoms with Crippen molar-refractivity contribution in [2.75, 3.05) is 14.2 Å². The highest BCUT2D eigenvalue weighted by Crippen LogP contribution is 2.28. The molecule has 20 heavy (non-hydrogen) atoms. The maximum absolute atomic E-state index is 5.46. The SMILES string of the molecule is COc1ccc(OC)c(Cc2c(C)cc(C)cc2C)c1. The fraction of sp³-hybridized carbons (Fsp3) is 0.333. The van der Waals surface area contributed by atoms with Gasteiger partial charge in [0.2, 0.25) is 0 Å². The highest BCUT2D eigenvalue weighted by Gasteiger charge is 2.10. The van der Waals surface area contributed by atoms with Crippen molar-refractivity contribution in [2.24, 2.45) is 0 Å². The van der Waals surface area contributed by atoms with Crippen LogP contribution in [0.25, 0.3) is 0 Å². The van der Waals surface area contributed by atoms with Gasteiger partial charge in [-0.3, -0.25) is 0 Å². The molecule has 2 aromatic rings. The van der Waals surface area contributed by atoms with E-state index >= 15 is 0 Å². The molecule has 106 valence electrons. The first-order valence-corrected chi connectivity index (χ1v) is 6.82. The van der Waals surface area contributed by atoms with Crippen LogP contribution in [-0.4, -0.2) is 14.2 Å². The molecule has 0 fully saturated rings. The first-order chi connectivity index (χ1) is 9.55. The number of benzene rings is 2. The molecular weight excluding hydrogens is 248 g/mol. The summed E-state index contributed by atoms with van der Waals surface area (Å²) in [6.45, 7) is 6.47. The Morgan fingerprint density at radius 3 is 2.05 bits per heavy atom. The maximum atomic E-state index is 5.46. The minimum absolute atomic E-state index is 0.859. The van der Waals surface area contributed by atoms with Gasteiger partial charge in [0.1, 0.15) is 11.5 Å². The minimum Gasteiger partial charge on any atom is -0.497 e. The van der Waals surface area contributed by atoms with E-state index in [1.54, 1.807) is 14.2 Å². The Kier molecular flexibility index (Phi) is 4.33. The van der Waals surface area contributed by atoms with E-state index < -0.39 is 0 Å². The summed E-state index contributed by atoms with van der Waals surface area (Å²) in [5.41, 5.74) is 6.48. The first-order valence-electron chi connectivity index (χ1n) is 6.82. The van der Waals surface area contributed by atoms with Gasteiger partial charge in [0.05, 0.1) is 14.2 Å². The standard InChI is InChI=1S/C18H22O2/c1-12-8-13(2)17(14(3)9-12)11-15-10-16(19-4)6-7-18(15)20-5/h6-10H,11H2,1-5H3. The van der Waals surface area contributed by atoms with Crippen LogP contribution in [0, 0.1) is 20.8 Å². The number of hydrogen-bond acceptors (Lipinski definition) is 2. The van der Waals surface area contributed by atoms with Crippen LogP contribution < -0.4 is 9.47 Å². The average molecular weight is 270 g/mol. The van der Waals surface area contributed by atoms with Gasteiger partial charge in [0.25, 0.3) is 0 Å². The molecule has 2 aromatic carbocycles. The summed E-state index contributed by atoms with van der Waals surface area (Å²) in [6, 6.07) is 10.4. The molecule has 0 radical (unpaired) electrons. The molecular formula is C18H22O2. The molecule has 0 heterocycles. The largest absolute Gasteiger partial charge is 0.497 e. The fourth-order valence-electron chi connectivity index (χ4n) is 2.70. The fourth-order valence-corrected chi connectivity index (χ4v) is 2.70. The van der Waals surface area contributed by atoms with Crippen LogP contribution in [0.2, 0.25) is 0 Å². The second-order valence-corrected chi connectivity index (χ2v) is 5.23. The molecule has 0 bridgehead atoms. The normalized spacial score (nSPS) is 10.4. The summed E-state index contributed by atoms with van der Waals surface area (Å²) >= 11 is 0. The number of hydrogen-bond donors (Lipinski definition) is 0. The summed E-state index contributed by atoms with van der Waals surface area (Å²) in [6.07, 6.45) is 0.859. The van der Waals surface area contributed by atoms with Crippen LogP contribution in [-0.2, 0) is 6.42 Å². The van der Waals surface area contributed by atoms with Crippen LogP contribution in [0.1, 0.15) is 27.8 Å². The second kappa shape index (κ2) is 6.00. The van der Waals surface area contributed by atoms with Crippen LogP contribution in [0.5, 0.6) is 11.5 Å². The molecule has 0 aromatic heterocycles. The van der Waals surface area contributed by atoms with Crippen LogP contribution in [0.15, 0.2) is 30.3 Å². The van der Waals surface area contributed by atoms with E-state index in [0.29, 0.717) is 0 Å². The quantitative estimate of drug-likeness (QED) is 0.828. The molecule has 2 heteroatoms. The van der Waals surface area contributed by atoms with Gasteiger partial charge in [-0.15, -0.1) is 0 Å². The molecule has 0 unspecified atom stereocenters. The molecule has 0 saturated heterocycles. The van der Waals surface area contributed by atoms with Crippen LogP contribution >= 0.6 is 0 Å². The van der Waals surface area contributed by atoms with Gasteiger partial charge in [0.15, 0.2) is 0 Å². The van der Waals surface area contributed by atoms with Crippen molar-refractivity contribution in [1.82, 2.24) is 0 Å². The van der Waals surface area contributed by atoms with E-state index in [1.165, 1.54) is 22.3 Å². The molecule has 0 saturated carbocycles. The maximum Gasteiger partial charge on any atom is 0.122 e. The molecule has 0 amide bonds. The van der Waals surface area contributed by atoms with Crippen molar-refractivity contribution in [3.63, 3.8) is 0 Å². The molecule has 0 aliphatic carbocycles. The van der Waals surface area contributed by atoms with Gasteiger partial charge in [-0.05, 0) is 55.7 Å². The zero-order valence-corrected chi connectivity index (χ0v) is 12.9. The summed E-state index contributed by atoms with van der Waals surface area (Å²) < 4.78 is 10.8. The summed E-state index contributed by atoms with van der Waals surface area (Å²) in [5, 5.41) is 0. The van der Waals surface area contributed by atoms with Crippen LogP contribution in [0.3, 0.4) is 0 Å². The predicted molar refractivity (Wildman–Crippen MR) is 83.0 cm³/mol. The molecule has 0 atom stereocenters. The highest BCUT2D eigenvalue weighted by atomic mass is 16.5. The minimum atomic E-state index is 0.859. The van der Waals surface area contributed by atoms with Gasteiger partial charge in [0, 0.05) is 12.0 Å². The Morgan fingerprint density at radius 1 is 0.850 bits per heavy atom. The van der Waals surface area contributed by atoms with E-state index in [0.717, 1.165) is 23.5 Å². The van der Waals surface area contributed by atoms with Crippen molar-refractivity contribution < 1.29 is 9.47 Å². The Balaban J connectivity index is 2.44. The van der Waals surface area contributed by atoms with E-state index in [2.05, 4.69) is 39.0 Å². The lowest BCUT2D eigenvalue weighted by Gasteiger charge is -2.14. The smallest absolute Gasteiger partial charge is 0.122 e. The lowest BCUT2D eigenvalue weighted by Crippen LogP contribution is -2.00. The highest BCUT2D eigenvalue weighted by molar-refractivity contribution is 5.47. The Morgan fingerprint density at radius 2 is 1.50 bits per heavy atom. The lowest BCUT2D eigenvalue weighted by atomic mass is 9.94. The summed E-state index contributed by atoms with van der Waals surface area (Å²) in [4.78, 5) is 0. The van der Waals surface area contributed by atoms with Crippen molar-refractivity contribution >= 4 is 0 Å². The van der Waals surface area contributed by atoms with E-state index in [-0.39, 0.29) is 0 Å². The van der Waals surface area contributed by atoms with Gasteiger partial charge in [-0.1, -0.05) is 17.7 Å². The topological polar surface area (TPSA) is 18.5 Å². The Bertz CT molecular complexity index is 592. The van der Waals surface area contributed by atoms with Gasteiger partial charge >= 0.3 is 0 Å². The first kappa shape index (κ1) is 14.4. The predicted octanol–water partition coefficient (Wildman–Crippen LogP) is 4.22. The lowest BCUT2D eigenvalue weighted by molar-refractivity contribution is 0.399. The van der Waals surface area contributed by atoms with E-state index in [9.17, 15) is 0 Å². The van der Waals surface area contributed by atoms with Crippen LogP contribution in [0.4, 0.5) is 0 Å². The number of methoxy groups -OCH3 is 2. The summed E-state index contributed by atoms with van der Waals surface area (Å²) in [7, 11) is 3.40. The third kappa shape index (κ3) is 2.96. The second-order valence-electron chi connectivity index (χ2n) is 5.23. The van der Waals surface area contributed by atoms with Crippen molar-refractivity contribution in [3.8, 4) is 11.5 Å². The number of aryl methyl sites for hydroxylation is 3. The van der Waals surface area contributed by atoms with E-state index in [1.807, 2.05) is 12.1 Å². The zero-order valence-electron chi connectivity index (χ0n) is 12.9. The number of ether oxygens (including phenoxy) is 2. The number of rotatable bonds is 4. The molecule has 0 spiro atoms. The van der Waals surface area contributed by atoms with Gasteiger partial charge < -0.3 is 9.47 Å². The van der Waals surface area contributed by atoms with E-state index in [4.69, 9.17) is 9.47 Å². The Labute approximate surface area is 121 Å².